The number of rotatable bonds is 4. The minimum absolute atomic E-state index is 0.0749. The van der Waals surface area contributed by atoms with Crippen LogP contribution in [0.4, 0.5) is 11.4 Å². The first-order chi connectivity index (χ1) is 9.47. The van der Waals surface area contributed by atoms with Crippen LogP contribution in [0, 0.1) is 5.41 Å². The molecule has 1 rings (SSSR count). The molecule has 0 heterocycles. The first-order valence-electron chi connectivity index (χ1n) is 6.98. The molecule has 0 atom stereocenters. The van der Waals surface area contributed by atoms with Crippen molar-refractivity contribution in [2.75, 3.05) is 10.6 Å². The Morgan fingerprint density at radius 2 is 1.57 bits per heavy atom. The fourth-order valence-corrected chi connectivity index (χ4v) is 1.61. The predicted octanol–water partition coefficient (Wildman–Crippen LogP) is 2.74. The highest BCUT2D eigenvalue weighted by Crippen LogP contribution is 2.20. The molecule has 0 bridgehead atoms. The fourth-order valence-electron chi connectivity index (χ4n) is 1.61. The number of nitrogens with two attached hydrogens (primary N) is 1. The van der Waals surface area contributed by atoms with Crippen LogP contribution in [0.25, 0.3) is 0 Å². The first kappa shape index (κ1) is 17.2. The lowest BCUT2D eigenvalue weighted by molar-refractivity contribution is -0.123. The molecule has 2 amide bonds. The number of carbonyl (C=O) groups is 2. The molecule has 0 saturated heterocycles. The van der Waals surface area contributed by atoms with Crippen LogP contribution < -0.4 is 16.4 Å². The molecule has 116 valence electrons. The molecule has 0 radical (unpaired) electrons. The second kappa shape index (κ2) is 6.26. The maximum Gasteiger partial charge on any atom is 0.229 e. The van der Waals surface area contributed by atoms with Crippen LogP contribution in [-0.4, -0.2) is 17.4 Å². The lowest BCUT2D eigenvalue weighted by atomic mass is 9.95. The smallest absolute Gasteiger partial charge is 0.229 e. The topological polar surface area (TPSA) is 84.2 Å². The van der Waals surface area contributed by atoms with Gasteiger partial charge in [-0.2, -0.15) is 0 Å². The second-order valence-electron chi connectivity index (χ2n) is 7.00. The summed E-state index contributed by atoms with van der Waals surface area (Å²) in [5.74, 6) is -0.226. The predicted molar refractivity (Wildman–Crippen MR) is 86.0 cm³/mol. The number of anilines is 2. The standard InChI is InChI=1S/C16H25N3O2/c1-15(2,3)14(21)19-12-8-6-7-11(9-12)18-13(20)10-16(4,5)17/h6-9H,10,17H2,1-5H3,(H,18,20)(H,19,21). The number of hydrogen-bond acceptors (Lipinski definition) is 3. The van der Waals surface area contributed by atoms with Gasteiger partial charge in [0, 0.05) is 28.7 Å². The first-order valence-corrected chi connectivity index (χ1v) is 6.98. The van der Waals surface area contributed by atoms with Gasteiger partial charge in [0.1, 0.15) is 0 Å². The van der Waals surface area contributed by atoms with Crippen molar-refractivity contribution in [1.82, 2.24) is 0 Å². The molecule has 5 nitrogen and oxygen atoms in total. The third-order valence-electron chi connectivity index (χ3n) is 2.70. The number of hydrogen-bond donors (Lipinski definition) is 3. The third kappa shape index (κ3) is 6.40. The molecular formula is C16H25N3O2. The molecule has 5 heteroatoms. The van der Waals surface area contributed by atoms with Gasteiger partial charge in [-0.3, -0.25) is 9.59 Å². The van der Waals surface area contributed by atoms with Gasteiger partial charge >= 0.3 is 0 Å². The highest BCUT2D eigenvalue weighted by atomic mass is 16.2. The summed E-state index contributed by atoms with van der Waals surface area (Å²) in [5.41, 5.74) is 6.08. The van der Waals surface area contributed by atoms with Gasteiger partial charge in [0.25, 0.3) is 0 Å². The Labute approximate surface area is 126 Å². The van der Waals surface area contributed by atoms with E-state index in [2.05, 4.69) is 10.6 Å². The van der Waals surface area contributed by atoms with E-state index in [1.807, 2.05) is 20.8 Å². The summed E-state index contributed by atoms with van der Waals surface area (Å²) >= 11 is 0. The van der Waals surface area contributed by atoms with E-state index in [9.17, 15) is 9.59 Å². The van der Waals surface area contributed by atoms with Crippen molar-refractivity contribution in [1.29, 1.82) is 0 Å². The monoisotopic (exact) mass is 291 g/mol. The van der Waals surface area contributed by atoms with Gasteiger partial charge in [0.2, 0.25) is 11.8 Å². The second-order valence-corrected chi connectivity index (χ2v) is 7.00. The van der Waals surface area contributed by atoms with Gasteiger partial charge in [-0.15, -0.1) is 0 Å². The fraction of sp³-hybridized carbons (Fsp3) is 0.500. The van der Waals surface area contributed by atoms with Crippen LogP contribution in [0.15, 0.2) is 24.3 Å². The minimum atomic E-state index is -0.553. The van der Waals surface area contributed by atoms with Gasteiger partial charge in [-0.25, -0.2) is 0 Å². The highest BCUT2D eigenvalue weighted by Gasteiger charge is 2.21. The van der Waals surface area contributed by atoms with Gasteiger partial charge in [-0.1, -0.05) is 26.8 Å². The van der Waals surface area contributed by atoms with E-state index in [1.165, 1.54) is 0 Å². The minimum Gasteiger partial charge on any atom is -0.326 e. The van der Waals surface area contributed by atoms with Crippen LogP contribution in [0.2, 0.25) is 0 Å². The molecule has 0 aliphatic rings. The van der Waals surface area contributed by atoms with Crippen LogP contribution in [0.1, 0.15) is 41.0 Å². The SMILES string of the molecule is CC(C)(N)CC(=O)Nc1cccc(NC(=O)C(C)(C)C)c1. The summed E-state index contributed by atoms with van der Waals surface area (Å²) in [5, 5.41) is 5.61. The average Bonchev–Trinajstić information content (AvgIpc) is 2.25. The molecule has 0 aromatic heterocycles. The average molecular weight is 291 g/mol. The zero-order valence-corrected chi connectivity index (χ0v) is 13.4. The molecule has 1 aromatic carbocycles. The van der Waals surface area contributed by atoms with E-state index in [1.54, 1.807) is 38.1 Å². The number of benzene rings is 1. The Hall–Kier alpha value is -1.88. The van der Waals surface area contributed by atoms with Crippen LogP contribution >= 0.6 is 0 Å². The number of amides is 2. The molecule has 0 spiro atoms. The zero-order valence-electron chi connectivity index (χ0n) is 13.4. The maximum absolute atomic E-state index is 11.9. The summed E-state index contributed by atoms with van der Waals surface area (Å²) in [6.07, 6.45) is 0.228. The van der Waals surface area contributed by atoms with Gasteiger partial charge in [0.15, 0.2) is 0 Å². The summed E-state index contributed by atoms with van der Waals surface area (Å²) < 4.78 is 0. The third-order valence-corrected chi connectivity index (χ3v) is 2.70. The van der Waals surface area contributed by atoms with Crippen LogP contribution in [0.3, 0.4) is 0 Å². The quantitative estimate of drug-likeness (QED) is 0.797. The summed E-state index contributed by atoms with van der Waals surface area (Å²) in [6, 6.07) is 7.06. The van der Waals surface area contributed by atoms with Crippen molar-refractivity contribution in [2.24, 2.45) is 11.1 Å². The Bertz CT molecular complexity index is 525. The largest absolute Gasteiger partial charge is 0.326 e. The van der Waals surface area contributed by atoms with Crippen molar-refractivity contribution in [3.8, 4) is 0 Å². The van der Waals surface area contributed by atoms with Gasteiger partial charge in [0.05, 0.1) is 0 Å². The molecule has 0 aliphatic carbocycles. The van der Waals surface area contributed by atoms with Gasteiger partial charge in [-0.05, 0) is 32.0 Å². The Morgan fingerprint density at radius 3 is 2.05 bits per heavy atom. The Morgan fingerprint density at radius 1 is 1.05 bits per heavy atom. The van der Waals surface area contributed by atoms with E-state index >= 15 is 0 Å². The number of nitrogens with one attached hydrogen (secondary N) is 2. The van der Waals surface area contributed by atoms with Crippen molar-refractivity contribution < 1.29 is 9.59 Å². The van der Waals surface area contributed by atoms with Crippen LogP contribution in [0.5, 0.6) is 0 Å². The summed E-state index contributed by atoms with van der Waals surface area (Å²) in [7, 11) is 0. The molecule has 21 heavy (non-hydrogen) atoms. The molecule has 0 unspecified atom stereocenters. The van der Waals surface area contributed by atoms with Crippen molar-refractivity contribution in [2.45, 2.75) is 46.6 Å². The molecule has 0 aliphatic heterocycles. The Balaban J connectivity index is 2.73. The lowest BCUT2D eigenvalue weighted by Gasteiger charge is -2.19. The van der Waals surface area contributed by atoms with E-state index in [4.69, 9.17) is 5.73 Å². The van der Waals surface area contributed by atoms with Gasteiger partial charge < -0.3 is 16.4 Å². The molecule has 0 fully saturated rings. The summed E-state index contributed by atoms with van der Waals surface area (Å²) in [6.45, 7) is 9.13. The molecule has 0 saturated carbocycles. The lowest BCUT2D eigenvalue weighted by Crippen LogP contribution is -2.36. The molecular weight excluding hydrogens is 266 g/mol. The van der Waals surface area contributed by atoms with Crippen molar-refractivity contribution in [3.63, 3.8) is 0 Å². The normalized spacial score (nSPS) is 11.9. The molecule has 4 N–H and O–H groups in total. The van der Waals surface area contributed by atoms with E-state index < -0.39 is 11.0 Å². The van der Waals surface area contributed by atoms with Crippen LogP contribution in [-0.2, 0) is 9.59 Å². The summed E-state index contributed by atoms with van der Waals surface area (Å²) in [4.78, 5) is 23.8. The maximum atomic E-state index is 11.9. The highest BCUT2D eigenvalue weighted by molar-refractivity contribution is 5.96. The Kier molecular flexibility index (Phi) is 5.12. The van der Waals surface area contributed by atoms with E-state index in [-0.39, 0.29) is 18.2 Å². The number of carbonyl (C=O) groups excluding carboxylic acids is 2. The van der Waals surface area contributed by atoms with Crippen molar-refractivity contribution >= 4 is 23.2 Å². The zero-order chi connectivity index (χ0) is 16.3. The van der Waals surface area contributed by atoms with E-state index in [0.717, 1.165) is 0 Å². The van der Waals surface area contributed by atoms with Crippen molar-refractivity contribution in [3.05, 3.63) is 24.3 Å². The molecule has 1 aromatic rings. The van der Waals surface area contributed by atoms with E-state index in [0.29, 0.717) is 11.4 Å².